The highest BCUT2D eigenvalue weighted by Crippen LogP contribution is 2.30. The fourth-order valence-electron chi connectivity index (χ4n) is 1.47. The summed E-state index contributed by atoms with van der Waals surface area (Å²) in [6, 6.07) is 5.40. The second-order valence-corrected chi connectivity index (χ2v) is 4.22. The topological polar surface area (TPSA) is 37.3 Å². The molecule has 0 spiro atoms. The molecule has 0 fully saturated rings. The quantitative estimate of drug-likeness (QED) is 0.746. The average Bonchev–Trinajstić information content (AvgIpc) is 2.17. The van der Waals surface area contributed by atoms with Crippen LogP contribution in [0.1, 0.15) is 22.3 Å². The van der Waals surface area contributed by atoms with E-state index in [2.05, 4.69) is 0 Å². The van der Waals surface area contributed by atoms with Crippen LogP contribution in [-0.2, 0) is 6.42 Å². The third-order valence-corrected chi connectivity index (χ3v) is 3.35. The van der Waals surface area contributed by atoms with Gasteiger partial charge < -0.3 is 5.11 Å². The van der Waals surface area contributed by atoms with E-state index in [1.54, 1.807) is 23.9 Å². The van der Waals surface area contributed by atoms with Crippen molar-refractivity contribution in [1.82, 2.24) is 0 Å². The van der Waals surface area contributed by atoms with Crippen LogP contribution < -0.4 is 0 Å². The number of benzene rings is 1. The first-order valence-corrected chi connectivity index (χ1v) is 5.25. The molecule has 0 atom stereocenters. The Morgan fingerprint density at radius 1 is 1.46 bits per heavy atom. The molecule has 1 N–H and O–H groups in total. The van der Waals surface area contributed by atoms with Gasteiger partial charge in [0.2, 0.25) is 0 Å². The monoisotopic (exact) mass is 194 g/mol. The van der Waals surface area contributed by atoms with Crippen LogP contribution in [0.5, 0.6) is 0 Å². The largest absolute Gasteiger partial charge is 0.478 e. The van der Waals surface area contributed by atoms with Crippen molar-refractivity contribution in [2.75, 3.05) is 5.75 Å². The van der Waals surface area contributed by atoms with E-state index < -0.39 is 5.97 Å². The van der Waals surface area contributed by atoms with E-state index in [1.807, 2.05) is 6.07 Å². The van der Waals surface area contributed by atoms with E-state index in [0.29, 0.717) is 5.56 Å². The van der Waals surface area contributed by atoms with E-state index in [0.717, 1.165) is 17.1 Å². The third-order valence-electron chi connectivity index (χ3n) is 2.16. The molecule has 2 nitrogen and oxygen atoms in total. The predicted octanol–water partition coefficient (Wildman–Crippen LogP) is 2.42. The van der Waals surface area contributed by atoms with Gasteiger partial charge in [0.1, 0.15) is 0 Å². The van der Waals surface area contributed by atoms with Gasteiger partial charge in [-0.25, -0.2) is 4.79 Å². The Labute approximate surface area is 81.0 Å². The van der Waals surface area contributed by atoms with Gasteiger partial charge in [0, 0.05) is 4.90 Å². The number of carboxylic acid groups (broad SMARTS) is 1. The lowest BCUT2D eigenvalue weighted by atomic mass is 10.1. The SMILES string of the molecule is O=C(O)c1ccc2c(c1)SCCC2. The smallest absolute Gasteiger partial charge is 0.335 e. The summed E-state index contributed by atoms with van der Waals surface area (Å²) in [6.07, 6.45) is 2.28. The van der Waals surface area contributed by atoms with Gasteiger partial charge in [0.15, 0.2) is 0 Å². The molecule has 1 aliphatic heterocycles. The highest BCUT2D eigenvalue weighted by molar-refractivity contribution is 7.99. The van der Waals surface area contributed by atoms with Gasteiger partial charge in [-0.15, -0.1) is 11.8 Å². The number of hydrogen-bond acceptors (Lipinski definition) is 2. The van der Waals surface area contributed by atoms with E-state index in [4.69, 9.17) is 5.11 Å². The zero-order chi connectivity index (χ0) is 9.26. The van der Waals surface area contributed by atoms with Gasteiger partial charge >= 0.3 is 5.97 Å². The number of aryl methyl sites for hydroxylation is 1. The summed E-state index contributed by atoms with van der Waals surface area (Å²) in [5.74, 6) is 0.268. The minimum Gasteiger partial charge on any atom is -0.478 e. The molecule has 1 heterocycles. The zero-order valence-electron chi connectivity index (χ0n) is 7.12. The molecule has 0 radical (unpaired) electrons. The molecule has 1 aliphatic rings. The molecular formula is C10H10O2S. The highest BCUT2D eigenvalue weighted by Gasteiger charge is 2.12. The Bertz CT molecular complexity index is 347. The van der Waals surface area contributed by atoms with Crippen LogP contribution in [0.2, 0.25) is 0 Å². The van der Waals surface area contributed by atoms with Crippen molar-refractivity contribution >= 4 is 17.7 Å². The Morgan fingerprint density at radius 2 is 2.31 bits per heavy atom. The number of fused-ring (bicyclic) bond motifs is 1. The molecule has 13 heavy (non-hydrogen) atoms. The van der Waals surface area contributed by atoms with Gasteiger partial charge in [0.25, 0.3) is 0 Å². The molecule has 0 amide bonds. The molecular weight excluding hydrogens is 184 g/mol. The summed E-state index contributed by atoms with van der Waals surface area (Å²) >= 11 is 1.76. The maximum absolute atomic E-state index is 10.7. The summed E-state index contributed by atoms with van der Waals surface area (Å²) < 4.78 is 0. The van der Waals surface area contributed by atoms with E-state index in [-0.39, 0.29) is 0 Å². The Hall–Kier alpha value is -0.960. The summed E-state index contributed by atoms with van der Waals surface area (Å²) in [5.41, 5.74) is 1.69. The highest BCUT2D eigenvalue weighted by atomic mass is 32.2. The zero-order valence-corrected chi connectivity index (χ0v) is 7.93. The Balaban J connectivity index is 2.40. The maximum atomic E-state index is 10.7. The van der Waals surface area contributed by atoms with Crippen LogP contribution in [0, 0.1) is 0 Å². The normalized spacial score (nSPS) is 15.1. The Morgan fingerprint density at radius 3 is 3.08 bits per heavy atom. The number of aromatic carboxylic acids is 1. The van der Waals surface area contributed by atoms with Gasteiger partial charge in [-0.2, -0.15) is 0 Å². The van der Waals surface area contributed by atoms with Crippen LogP contribution in [0.3, 0.4) is 0 Å². The van der Waals surface area contributed by atoms with Crippen LogP contribution >= 0.6 is 11.8 Å². The van der Waals surface area contributed by atoms with Crippen molar-refractivity contribution < 1.29 is 9.90 Å². The summed E-state index contributed by atoms with van der Waals surface area (Å²) in [7, 11) is 0. The lowest BCUT2D eigenvalue weighted by Gasteiger charge is -2.14. The number of thioether (sulfide) groups is 1. The standard InChI is InChI=1S/C10H10O2S/c11-10(12)8-4-3-7-2-1-5-13-9(7)6-8/h3-4,6H,1-2,5H2,(H,11,12). The van der Waals surface area contributed by atoms with E-state index >= 15 is 0 Å². The lowest BCUT2D eigenvalue weighted by molar-refractivity contribution is 0.0696. The minimum absolute atomic E-state index is 0.396. The van der Waals surface area contributed by atoms with Gasteiger partial charge in [0.05, 0.1) is 5.56 Å². The molecule has 0 aliphatic carbocycles. The van der Waals surface area contributed by atoms with Crippen molar-refractivity contribution in [3.8, 4) is 0 Å². The molecule has 0 bridgehead atoms. The number of carboxylic acids is 1. The van der Waals surface area contributed by atoms with Crippen LogP contribution in [0.15, 0.2) is 23.1 Å². The molecule has 0 aromatic heterocycles. The second-order valence-electron chi connectivity index (χ2n) is 3.08. The average molecular weight is 194 g/mol. The molecule has 3 heteroatoms. The van der Waals surface area contributed by atoms with Gasteiger partial charge in [-0.1, -0.05) is 6.07 Å². The van der Waals surface area contributed by atoms with Crippen LogP contribution in [-0.4, -0.2) is 16.8 Å². The second kappa shape index (κ2) is 3.42. The van der Waals surface area contributed by atoms with Crippen molar-refractivity contribution in [1.29, 1.82) is 0 Å². The number of carbonyl (C=O) groups is 1. The number of rotatable bonds is 1. The molecule has 1 aromatic carbocycles. The Kier molecular flexibility index (Phi) is 2.27. The van der Waals surface area contributed by atoms with E-state index in [9.17, 15) is 4.79 Å². The summed E-state index contributed by atoms with van der Waals surface area (Å²) in [6.45, 7) is 0. The fraction of sp³-hybridized carbons (Fsp3) is 0.300. The van der Waals surface area contributed by atoms with E-state index in [1.165, 1.54) is 12.0 Å². The summed E-state index contributed by atoms with van der Waals surface area (Å²) in [5, 5.41) is 8.78. The van der Waals surface area contributed by atoms with Gasteiger partial charge in [-0.05, 0) is 36.3 Å². The van der Waals surface area contributed by atoms with Crippen LogP contribution in [0.4, 0.5) is 0 Å². The third kappa shape index (κ3) is 1.70. The molecule has 1 aromatic rings. The first-order chi connectivity index (χ1) is 6.27. The first kappa shape index (κ1) is 8.63. The molecule has 2 rings (SSSR count). The van der Waals surface area contributed by atoms with Crippen molar-refractivity contribution in [2.45, 2.75) is 17.7 Å². The van der Waals surface area contributed by atoms with Crippen molar-refractivity contribution in [3.05, 3.63) is 29.3 Å². The molecule has 68 valence electrons. The first-order valence-electron chi connectivity index (χ1n) is 4.26. The fourth-order valence-corrected chi connectivity index (χ4v) is 2.55. The predicted molar refractivity (Wildman–Crippen MR) is 52.4 cm³/mol. The molecule has 0 unspecified atom stereocenters. The lowest BCUT2D eigenvalue weighted by Crippen LogP contribution is -2.02. The van der Waals surface area contributed by atoms with Crippen LogP contribution in [0.25, 0.3) is 0 Å². The minimum atomic E-state index is -0.839. The molecule has 0 saturated carbocycles. The van der Waals surface area contributed by atoms with Crippen molar-refractivity contribution in [2.24, 2.45) is 0 Å². The number of hydrogen-bond donors (Lipinski definition) is 1. The molecule has 0 saturated heterocycles. The van der Waals surface area contributed by atoms with Crippen molar-refractivity contribution in [3.63, 3.8) is 0 Å². The van der Waals surface area contributed by atoms with Gasteiger partial charge in [-0.3, -0.25) is 0 Å². The maximum Gasteiger partial charge on any atom is 0.335 e. The summed E-state index contributed by atoms with van der Waals surface area (Å²) in [4.78, 5) is 11.8.